The molecule has 0 atom stereocenters. The van der Waals surface area contributed by atoms with Gasteiger partial charge in [-0.1, -0.05) is 6.92 Å². The summed E-state index contributed by atoms with van der Waals surface area (Å²) in [4.78, 5) is 15.0. The summed E-state index contributed by atoms with van der Waals surface area (Å²) in [5.41, 5.74) is -0.915. The second-order valence-electron chi connectivity index (χ2n) is 3.43. The molecule has 0 radical (unpaired) electrons. The van der Waals surface area contributed by atoms with Crippen molar-refractivity contribution >= 4 is 5.97 Å². The molecule has 0 aliphatic carbocycles. The van der Waals surface area contributed by atoms with E-state index in [0.29, 0.717) is 0 Å². The Bertz CT molecular complexity index is 315. The van der Waals surface area contributed by atoms with Crippen LogP contribution in [-0.4, -0.2) is 20.6 Å². The molecule has 1 aromatic rings. The number of carboxylic acids is 1. The summed E-state index contributed by atoms with van der Waals surface area (Å²) in [6.45, 7) is 5.28. The largest absolute Gasteiger partial charge is 0.480 e. The summed E-state index contributed by atoms with van der Waals surface area (Å²) < 4.78 is 1.69. The van der Waals surface area contributed by atoms with Crippen LogP contribution in [0.1, 0.15) is 26.6 Å². The Morgan fingerprint density at radius 1 is 1.69 bits per heavy atom. The molecule has 0 amide bonds. The first-order valence-corrected chi connectivity index (χ1v) is 4.26. The van der Waals surface area contributed by atoms with Gasteiger partial charge in [0.05, 0.1) is 0 Å². The highest BCUT2D eigenvalue weighted by Crippen LogP contribution is 2.17. The fourth-order valence-corrected chi connectivity index (χ4v) is 1.21. The molecule has 0 saturated carbocycles. The van der Waals surface area contributed by atoms with Crippen molar-refractivity contribution in [3.05, 3.63) is 18.2 Å². The summed E-state index contributed by atoms with van der Waals surface area (Å²) in [5, 5.41) is 8.98. The molecule has 1 N–H and O–H groups in total. The Morgan fingerprint density at radius 3 is 2.77 bits per heavy atom. The molecule has 0 spiro atoms. The summed E-state index contributed by atoms with van der Waals surface area (Å²) in [6.07, 6.45) is 4.07. The topological polar surface area (TPSA) is 55.1 Å². The molecule has 13 heavy (non-hydrogen) atoms. The average Bonchev–Trinajstić information content (AvgIpc) is 2.51. The first kappa shape index (κ1) is 9.77. The van der Waals surface area contributed by atoms with Crippen LogP contribution in [0.3, 0.4) is 0 Å². The van der Waals surface area contributed by atoms with Crippen molar-refractivity contribution in [2.24, 2.45) is 0 Å². The van der Waals surface area contributed by atoms with Crippen molar-refractivity contribution in [2.45, 2.75) is 32.7 Å². The predicted molar refractivity (Wildman–Crippen MR) is 48.6 cm³/mol. The van der Waals surface area contributed by atoms with E-state index in [0.717, 1.165) is 12.2 Å². The number of aliphatic carboxylic acids is 1. The summed E-state index contributed by atoms with van der Waals surface area (Å²) in [6, 6.07) is 0. The Labute approximate surface area is 77.2 Å². The van der Waals surface area contributed by atoms with Crippen molar-refractivity contribution < 1.29 is 9.90 Å². The summed E-state index contributed by atoms with van der Waals surface area (Å²) in [5.74, 6) is -0.0485. The maximum Gasteiger partial charge on any atom is 0.329 e. The molecular weight excluding hydrogens is 168 g/mol. The number of nitrogens with zero attached hydrogens (tertiary/aromatic N) is 2. The third-order valence-electron chi connectivity index (χ3n) is 2.16. The van der Waals surface area contributed by atoms with Crippen molar-refractivity contribution in [2.75, 3.05) is 0 Å². The van der Waals surface area contributed by atoms with Gasteiger partial charge in [0.25, 0.3) is 0 Å². The quantitative estimate of drug-likeness (QED) is 0.765. The lowest BCUT2D eigenvalue weighted by Gasteiger charge is -2.23. The van der Waals surface area contributed by atoms with Gasteiger partial charge in [0.15, 0.2) is 0 Å². The van der Waals surface area contributed by atoms with E-state index < -0.39 is 11.5 Å². The third-order valence-corrected chi connectivity index (χ3v) is 2.16. The van der Waals surface area contributed by atoms with Crippen LogP contribution in [0.5, 0.6) is 0 Å². The first-order valence-electron chi connectivity index (χ1n) is 4.26. The first-order chi connectivity index (χ1) is 6.00. The van der Waals surface area contributed by atoms with Gasteiger partial charge in [-0.25, -0.2) is 9.78 Å². The lowest BCUT2D eigenvalue weighted by atomic mass is 10.1. The summed E-state index contributed by atoms with van der Waals surface area (Å²) >= 11 is 0. The second kappa shape index (κ2) is 3.20. The van der Waals surface area contributed by atoms with Gasteiger partial charge in [-0.2, -0.15) is 0 Å². The van der Waals surface area contributed by atoms with Gasteiger partial charge >= 0.3 is 5.97 Å². The summed E-state index contributed by atoms with van der Waals surface area (Å²) in [7, 11) is 0. The minimum atomic E-state index is -0.915. The molecule has 0 fully saturated rings. The lowest BCUT2D eigenvalue weighted by molar-refractivity contribution is -0.145. The number of imidazole rings is 1. The van der Waals surface area contributed by atoms with Crippen LogP contribution in [0.15, 0.2) is 12.4 Å². The molecule has 0 bridgehead atoms. The smallest absolute Gasteiger partial charge is 0.329 e. The van der Waals surface area contributed by atoms with E-state index in [2.05, 4.69) is 4.98 Å². The van der Waals surface area contributed by atoms with Crippen LogP contribution in [0, 0.1) is 0 Å². The Balaban J connectivity index is 3.13. The highest BCUT2D eigenvalue weighted by molar-refractivity contribution is 5.75. The zero-order valence-corrected chi connectivity index (χ0v) is 8.11. The highest BCUT2D eigenvalue weighted by atomic mass is 16.4. The molecule has 0 aliphatic heterocycles. The SMILES string of the molecule is CCc1nccn1C(C)(C)C(=O)O. The van der Waals surface area contributed by atoms with Gasteiger partial charge in [0, 0.05) is 18.8 Å². The molecule has 0 saturated heterocycles. The van der Waals surface area contributed by atoms with Crippen LogP contribution in [0.2, 0.25) is 0 Å². The van der Waals surface area contributed by atoms with Gasteiger partial charge in [-0.3, -0.25) is 0 Å². The van der Waals surface area contributed by atoms with Crippen molar-refractivity contribution in [1.29, 1.82) is 0 Å². The zero-order valence-electron chi connectivity index (χ0n) is 8.11. The van der Waals surface area contributed by atoms with E-state index in [4.69, 9.17) is 5.11 Å². The molecule has 4 heteroatoms. The second-order valence-corrected chi connectivity index (χ2v) is 3.43. The van der Waals surface area contributed by atoms with E-state index in [1.807, 2.05) is 6.92 Å². The molecule has 0 aromatic carbocycles. The average molecular weight is 182 g/mol. The van der Waals surface area contributed by atoms with E-state index >= 15 is 0 Å². The van der Waals surface area contributed by atoms with E-state index in [1.54, 1.807) is 30.8 Å². The number of hydrogen-bond acceptors (Lipinski definition) is 2. The highest BCUT2D eigenvalue weighted by Gasteiger charge is 2.30. The minimum Gasteiger partial charge on any atom is -0.480 e. The van der Waals surface area contributed by atoms with E-state index in [-0.39, 0.29) is 0 Å². The standard InChI is InChI=1S/C9H14N2O2/c1-4-7-10-5-6-11(7)9(2,3)8(12)13/h5-6H,4H2,1-3H3,(H,12,13). The van der Waals surface area contributed by atoms with Crippen LogP contribution < -0.4 is 0 Å². The van der Waals surface area contributed by atoms with Crippen LogP contribution in [0.4, 0.5) is 0 Å². The van der Waals surface area contributed by atoms with Crippen molar-refractivity contribution in [3.63, 3.8) is 0 Å². The molecule has 1 aromatic heterocycles. The number of carbonyl (C=O) groups is 1. The van der Waals surface area contributed by atoms with Crippen LogP contribution >= 0.6 is 0 Å². The third kappa shape index (κ3) is 1.56. The van der Waals surface area contributed by atoms with Crippen LogP contribution in [-0.2, 0) is 16.8 Å². The Morgan fingerprint density at radius 2 is 2.31 bits per heavy atom. The number of rotatable bonds is 3. The number of aryl methyl sites for hydroxylation is 1. The Hall–Kier alpha value is -1.32. The van der Waals surface area contributed by atoms with E-state index in [1.165, 1.54) is 0 Å². The molecule has 0 aliphatic rings. The van der Waals surface area contributed by atoms with Gasteiger partial charge in [-0.05, 0) is 13.8 Å². The van der Waals surface area contributed by atoms with Gasteiger partial charge in [0.2, 0.25) is 0 Å². The van der Waals surface area contributed by atoms with Gasteiger partial charge in [0.1, 0.15) is 11.4 Å². The lowest BCUT2D eigenvalue weighted by Crippen LogP contribution is -2.36. The van der Waals surface area contributed by atoms with Crippen molar-refractivity contribution in [1.82, 2.24) is 9.55 Å². The molecule has 1 rings (SSSR count). The van der Waals surface area contributed by atoms with Crippen LogP contribution in [0.25, 0.3) is 0 Å². The monoisotopic (exact) mass is 182 g/mol. The minimum absolute atomic E-state index is 0.740. The molecule has 72 valence electrons. The molecule has 0 unspecified atom stereocenters. The number of hydrogen-bond donors (Lipinski definition) is 1. The molecular formula is C9H14N2O2. The Kier molecular flexibility index (Phi) is 2.40. The maximum atomic E-state index is 10.9. The van der Waals surface area contributed by atoms with Crippen molar-refractivity contribution in [3.8, 4) is 0 Å². The fraction of sp³-hybridized carbons (Fsp3) is 0.556. The van der Waals surface area contributed by atoms with E-state index in [9.17, 15) is 4.79 Å². The van der Waals surface area contributed by atoms with Gasteiger partial charge in [-0.15, -0.1) is 0 Å². The zero-order chi connectivity index (χ0) is 10.1. The predicted octanol–water partition coefficient (Wildman–Crippen LogP) is 1.27. The number of carboxylic acid groups (broad SMARTS) is 1. The normalized spacial score (nSPS) is 11.6. The maximum absolute atomic E-state index is 10.9. The molecule has 1 heterocycles. The fourth-order valence-electron chi connectivity index (χ4n) is 1.21. The molecule has 4 nitrogen and oxygen atoms in total. The van der Waals surface area contributed by atoms with Gasteiger partial charge < -0.3 is 9.67 Å². The number of aromatic nitrogens is 2.